The average molecular weight is 318 g/mol. The molecule has 1 aliphatic rings. The van der Waals surface area contributed by atoms with Crippen molar-refractivity contribution in [3.05, 3.63) is 82.4 Å². The molecule has 0 spiro atoms. The maximum Gasteiger partial charge on any atom is 0.172 e. The van der Waals surface area contributed by atoms with E-state index in [2.05, 4.69) is 69.9 Å². The molecule has 4 heteroatoms. The summed E-state index contributed by atoms with van der Waals surface area (Å²) in [7, 11) is 0. The first-order chi connectivity index (χ1) is 11.7. The van der Waals surface area contributed by atoms with Crippen LogP contribution >= 0.6 is 0 Å². The molecule has 0 saturated heterocycles. The van der Waals surface area contributed by atoms with E-state index in [9.17, 15) is 0 Å². The summed E-state index contributed by atoms with van der Waals surface area (Å²) in [5, 5.41) is 11.2. The molecular formula is C20H22N4. The van der Waals surface area contributed by atoms with Crippen LogP contribution in [0.2, 0.25) is 0 Å². The van der Waals surface area contributed by atoms with Gasteiger partial charge in [-0.3, -0.25) is 10.4 Å². The highest BCUT2D eigenvalue weighted by molar-refractivity contribution is 5.38. The maximum atomic E-state index is 4.57. The van der Waals surface area contributed by atoms with Gasteiger partial charge in [0.15, 0.2) is 5.82 Å². The van der Waals surface area contributed by atoms with Gasteiger partial charge in [-0.15, -0.1) is 0 Å². The fraction of sp³-hybridized carbons (Fsp3) is 0.300. The maximum absolute atomic E-state index is 4.57. The molecule has 0 saturated carbocycles. The van der Waals surface area contributed by atoms with Gasteiger partial charge in [-0.25, -0.2) is 4.98 Å². The number of H-pyrrole nitrogens is 1. The number of hydrogen-bond donors (Lipinski definition) is 2. The zero-order valence-corrected chi connectivity index (χ0v) is 14.1. The van der Waals surface area contributed by atoms with Gasteiger partial charge in [0, 0.05) is 6.04 Å². The van der Waals surface area contributed by atoms with Gasteiger partial charge in [-0.2, -0.15) is 5.10 Å². The first kappa shape index (κ1) is 15.1. The van der Waals surface area contributed by atoms with Crippen LogP contribution in [0.1, 0.15) is 52.4 Å². The summed E-state index contributed by atoms with van der Waals surface area (Å²) >= 11 is 0. The molecule has 0 aliphatic heterocycles. The number of fused-ring (bicyclic) bond motifs is 1. The molecule has 1 heterocycles. The Kier molecular flexibility index (Phi) is 3.90. The minimum Gasteiger partial charge on any atom is -0.297 e. The lowest BCUT2D eigenvalue weighted by atomic mass is 10.0. The Labute approximate surface area is 142 Å². The molecule has 0 fully saturated rings. The van der Waals surface area contributed by atoms with Crippen LogP contribution in [0.4, 0.5) is 0 Å². The summed E-state index contributed by atoms with van der Waals surface area (Å²) in [6.45, 7) is 4.09. The number of nitrogens with zero attached hydrogens (tertiary/aromatic N) is 2. The summed E-state index contributed by atoms with van der Waals surface area (Å²) in [6, 6.07) is 17.5. The van der Waals surface area contributed by atoms with E-state index in [1.54, 1.807) is 0 Å². The Bertz CT molecular complexity index is 838. The van der Waals surface area contributed by atoms with Crippen LogP contribution in [0.5, 0.6) is 0 Å². The largest absolute Gasteiger partial charge is 0.297 e. The second-order valence-electron chi connectivity index (χ2n) is 6.58. The lowest BCUT2D eigenvalue weighted by Gasteiger charge is -2.22. The Balaban J connectivity index is 1.68. The Hall–Kier alpha value is -2.46. The van der Waals surface area contributed by atoms with Crippen LogP contribution < -0.4 is 5.32 Å². The molecule has 122 valence electrons. The third-order valence-electron chi connectivity index (χ3n) is 4.75. The fourth-order valence-electron chi connectivity index (χ4n) is 3.55. The van der Waals surface area contributed by atoms with Gasteiger partial charge in [0.25, 0.3) is 0 Å². The normalized spacial score (nSPS) is 17.7. The van der Waals surface area contributed by atoms with E-state index in [1.165, 1.54) is 22.3 Å². The van der Waals surface area contributed by atoms with Crippen molar-refractivity contribution in [1.29, 1.82) is 0 Å². The molecule has 3 aromatic rings. The molecule has 2 aromatic carbocycles. The van der Waals surface area contributed by atoms with Crippen molar-refractivity contribution < 1.29 is 0 Å². The number of aromatic amines is 1. The third kappa shape index (κ3) is 2.85. The van der Waals surface area contributed by atoms with Gasteiger partial charge >= 0.3 is 0 Å². The first-order valence-corrected chi connectivity index (χ1v) is 8.50. The van der Waals surface area contributed by atoms with Crippen LogP contribution in [-0.2, 0) is 6.42 Å². The number of benzene rings is 2. The molecule has 1 aliphatic carbocycles. The molecular weight excluding hydrogens is 296 g/mol. The van der Waals surface area contributed by atoms with Crippen LogP contribution in [0.15, 0.2) is 48.5 Å². The first-order valence-electron chi connectivity index (χ1n) is 8.50. The number of hydrogen-bond acceptors (Lipinski definition) is 3. The lowest BCUT2D eigenvalue weighted by molar-refractivity contribution is 0.470. The molecule has 2 N–H and O–H groups in total. The molecule has 0 amide bonds. The quantitative estimate of drug-likeness (QED) is 0.769. The standard InChI is InChI=1S/C20H22N4/c1-13-8-9-15-10-11-18(17(15)12-13)22-19(16-6-4-3-5-7-16)20-21-14(2)23-24-20/h3-9,12,18-19,22H,10-11H2,1-2H3,(H,21,23,24)/t18-,19+/m1/s1. The second-order valence-corrected chi connectivity index (χ2v) is 6.58. The number of aromatic nitrogens is 3. The molecule has 2 atom stereocenters. The van der Waals surface area contributed by atoms with E-state index in [0.717, 1.165) is 24.5 Å². The van der Waals surface area contributed by atoms with Crippen molar-refractivity contribution in [3.63, 3.8) is 0 Å². The van der Waals surface area contributed by atoms with Gasteiger partial charge in [0.1, 0.15) is 5.82 Å². The minimum atomic E-state index is -0.00684. The molecule has 24 heavy (non-hydrogen) atoms. The topological polar surface area (TPSA) is 53.6 Å². The molecule has 0 unspecified atom stereocenters. The fourth-order valence-corrected chi connectivity index (χ4v) is 3.55. The summed E-state index contributed by atoms with van der Waals surface area (Å²) in [6.07, 6.45) is 2.24. The second kappa shape index (κ2) is 6.21. The molecule has 4 rings (SSSR count). The van der Waals surface area contributed by atoms with Crippen molar-refractivity contribution in [2.75, 3.05) is 0 Å². The van der Waals surface area contributed by atoms with Gasteiger partial charge in [0.05, 0.1) is 6.04 Å². The smallest absolute Gasteiger partial charge is 0.172 e. The van der Waals surface area contributed by atoms with Crippen LogP contribution in [0.25, 0.3) is 0 Å². The van der Waals surface area contributed by atoms with E-state index in [0.29, 0.717) is 6.04 Å². The van der Waals surface area contributed by atoms with Gasteiger partial charge in [0.2, 0.25) is 0 Å². The Morgan fingerprint density at radius 3 is 2.71 bits per heavy atom. The highest BCUT2D eigenvalue weighted by atomic mass is 15.2. The van der Waals surface area contributed by atoms with E-state index in [-0.39, 0.29) is 6.04 Å². The zero-order chi connectivity index (χ0) is 16.5. The molecule has 0 radical (unpaired) electrons. The van der Waals surface area contributed by atoms with E-state index in [4.69, 9.17) is 0 Å². The summed E-state index contributed by atoms with van der Waals surface area (Å²) in [5.41, 5.74) is 5.38. The van der Waals surface area contributed by atoms with Crippen molar-refractivity contribution in [2.24, 2.45) is 0 Å². The minimum absolute atomic E-state index is 0.00684. The van der Waals surface area contributed by atoms with Crippen molar-refractivity contribution in [1.82, 2.24) is 20.5 Å². The van der Waals surface area contributed by atoms with E-state index < -0.39 is 0 Å². The summed E-state index contributed by atoms with van der Waals surface area (Å²) in [4.78, 5) is 4.57. The monoisotopic (exact) mass is 318 g/mol. The number of aryl methyl sites for hydroxylation is 3. The predicted octanol–water partition coefficient (Wildman–Crippen LogP) is 3.79. The van der Waals surface area contributed by atoms with Gasteiger partial charge in [-0.1, -0.05) is 54.1 Å². The Morgan fingerprint density at radius 2 is 1.96 bits per heavy atom. The zero-order valence-electron chi connectivity index (χ0n) is 14.1. The van der Waals surface area contributed by atoms with Crippen molar-refractivity contribution in [2.45, 2.75) is 38.8 Å². The van der Waals surface area contributed by atoms with Gasteiger partial charge in [-0.05, 0) is 43.4 Å². The summed E-state index contributed by atoms with van der Waals surface area (Å²) < 4.78 is 0. The molecule has 4 nitrogen and oxygen atoms in total. The number of nitrogens with one attached hydrogen (secondary N) is 2. The highest BCUT2D eigenvalue weighted by Crippen LogP contribution is 2.34. The Morgan fingerprint density at radius 1 is 1.12 bits per heavy atom. The average Bonchev–Trinajstić information content (AvgIpc) is 3.19. The van der Waals surface area contributed by atoms with Gasteiger partial charge < -0.3 is 0 Å². The third-order valence-corrected chi connectivity index (χ3v) is 4.75. The molecule has 0 bridgehead atoms. The number of rotatable bonds is 4. The predicted molar refractivity (Wildman–Crippen MR) is 94.8 cm³/mol. The highest BCUT2D eigenvalue weighted by Gasteiger charge is 2.27. The van der Waals surface area contributed by atoms with Crippen LogP contribution in [-0.4, -0.2) is 15.2 Å². The SMILES string of the molecule is Cc1ccc2c(c1)[C@H](N[C@@H](c1ccccc1)c1n[nH]c(C)n1)CC2. The van der Waals surface area contributed by atoms with Crippen molar-refractivity contribution in [3.8, 4) is 0 Å². The lowest BCUT2D eigenvalue weighted by Crippen LogP contribution is -2.27. The molecule has 1 aromatic heterocycles. The van der Waals surface area contributed by atoms with E-state index in [1.807, 2.05) is 13.0 Å². The van der Waals surface area contributed by atoms with Crippen molar-refractivity contribution >= 4 is 0 Å². The van der Waals surface area contributed by atoms with Crippen LogP contribution in [0, 0.1) is 13.8 Å². The summed E-state index contributed by atoms with van der Waals surface area (Å²) in [5.74, 6) is 1.65. The van der Waals surface area contributed by atoms with E-state index >= 15 is 0 Å². The van der Waals surface area contributed by atoms with Crippen LogP contribution in [0.3, 0.4) is 0 Å².